The number of ether oxygens (including phenoxy) is 2. The summed E-state index contributed by atoms with van der Waals surface area (Å²) >= 11 is 0. The highest BCUT2D eigenvalue weighted by Crippen LogP contribution is 2.18. The molecular weight excluding hydrogens is 410 g/mol. The van der Waals surface area contributed by atoms with Gasteiger partial charge in [-0.2, -0.15) is 0 Å². The second kappa shape index (κ2) is 10.1. The van der Waals surface area contributed by atoms with Crippen molar-refractivity contribution in [1.82, 2.24) is 10.5 Å². The molecule has 4 rings (SSSR count). The molecule has 1 saturated heterocycles. The third kappa shape index (κ3) is 5.73. The van der Waals surface area contributed by atoms with Crippen LogP contribution in [0.15, 0.2) is 59.1 Å². The van der Waals surface area contributed by atoms with E-state index in [-0.39, 0.29) is 30.2 Å². The van der Waals surface area contributed by atoms with Gasteiger partial charge in [0.2, 0.25) is 0 Å². The topological polar surface area (TPSA) is 103 Å². The summed E-state index contributed by atoms with van der Waals surface area (Å²) in [5.74, 6) is 0.557. The SMILES string of the molecule is Cc1cccc(C(=O)Nc2ccc(OCc3cc(C(=O)NCC4CCCO4)no3)cc2)c1. The van der Waals surface area contributed by atoms with Crippen LogP contribution in [0.2, 0.25) is 0 Å². The molecule has 1 fully saturated rings. The maximum absolute atomic E-state index is 12.3. The van der Waals surface area contributed by atoms with Crippen molar-refractivity contribution < 1.29 is 23.6 Å². The van der Waals surface area contributed by atoms with Crippen molar-refractivity contribution >= 4 is 17.5 Å². The molecule has 0 radical (unpaired) electrons. The molecule has 0 bridgehead atoms. The predicted octanol–water partition coefficient (Wildman–Crippen LogP) is 3.72. The zero-order chi connectivity index (χ0) is 22.3. The van der Waals surface area contributed by atoms with Crippen molar-refractivity contribution in [3.8, 4) is 5.75 Å². The number of hydrogen-bond donors (Lipinski definition) is 2. The average molecular weight is 435 g/mol. The Morgan fingerprint density at radius 3 is 2.72 bits per heavy atom. The number of aromatic nitrogens is 1. The van der Waals surface area contributed by atoms with Gasteiger partial charge in [-0.15, -0.1) is 0 Å². The van der Waals surface area contributed by atoms with E-state index >= 15 is 0 Å². The molecule has 8 heteroatoms. The van der Waals surface area contributed by atoms with Gasteiger partial charge < -0.3 is 24.6 Å². The Kier molecular flexibility index (Phi) is 6.81. The molecule has 8 nitrogen and oxygen atoms in total. The molecule has 1 unspecified atom stereocenters. The van der Waals surface area contributed by atoms with Crippen molar-refractivity contribution in [2.45, 2.75) is 32.5 Å². The number of nitrogens with one attached hydrogen (secondary N) is 2. The largest absolute Gasteiger partial charge is 0.486 e. The van der Waals surface area contributed by atoms with E-state index < -0.39 is 0 Å². The van der Waals surface area contributed by atoms with Crippen LogP contribution in [0.4, 0.5) is 5.69 Å². The normalized spacial score (nSPS) is 15.3. The van der Waals surface area contributed by atoms with Gasteiger partial charge in [-0.25, -0.2) is 0 Å². The van der Waals surface area contributed by atoms with Gasteiger partial charge in [-0.3, -0.25) is 9.59 Å². The number of carbonyl (C=O) groups is 2. The van der Waals surface area contributed by atoms with Crippen LogP contribution in [0.3, 0.4) is 0 Å². The minimum absolute atomic E-state index is 0.0678. The summed E-state index contributed by atoms with van der Waals surface area (Å²) in [5, 5.41) is 9.46. The van der Waals surface area contributed by atoms with Crippen molar-refractivity contribution in [1.29, 1.82) is 0 Å². The molecule has 2 amide bonds. The number of anilines is 1. The molecular formula is C24H25N3O5. The lowest BCUT2D eigenvalue weighted by Gasteiger charge is -2.09. The predicted molar refractivity (Wildman–Crippen MR) is 118 cm³/mol. The highest BCUT2D eigenvalue weighted by Gasteiger charge is 2.18. The van der Waals surface area contributed by atoms with Gasteiger partial charge in [0, 0.05) is 30.5 Å². The van der Waals surface area contributed by atoms with E-state index in [1.165, 1.54) is 0 Å². The summed E-state index contributed by atoms with van der Waals surface area (Å²) in [7, 11) is 0. The Bertz CT molecular complexity index is 1070. The van der Waals surface area contributed by atoms with E-state index in [9.17, 15) is 9.59 Å². The van der Waals surface area contributed by atoms with Gasteiger partial charge in [0.1, 0.15) is 12.4 Å². The molecule has 1 atom stereocenters. The first-order valence-electron chi connectivity index (χ1n) is 10.5. The van der Waals surface area contributed by atoms with Gasteiger partial charge in [0.15, 0.2) is 11.5 Å². The Balaban J connectivity index is 1.25. The number of nitrogens with zero attached hydrogens (tertiary/aromatic N) is 1. The molecule has 0 spiro atoms. The third-order valence-corrected chi connectivity index (χ3v) is 5.08. The first-order valence-corrected chi connectivity index (χ1v) is 10.5. The molecule has 166 valence electrons. The number of amides is 2. The fraction of sp³-hybridized carbons (Fsp3) is 0.292. The molecule has 1 aromatic heterocycles. The van der Waals surface area contributed by atoms with Crippen molar-refractivity contribution in [2.24, 2.45) is 0 Å². The summed E-state index contributed by atoms with van der Waals surface area (Å²) in [5.41, 5.74) is 2.49. The molecule has 2 heterocycles. The molecule has 1 aliphatic heterocycles. The Hall–Kier alpha value is -3.65. The van der Waals surface area contributed by atoms with E-state index in [1.807, 2.05) is 25.1 Å². The van der Waals surface area contributed by atoms with E-state index in [0.29, 0.717) is 29.3 Å². The van der Waals surface area contributed by atoms with Gasteiger partial charge in [0.05, 0.1) is 6.10 Å². The van der Waals surface area contributed by atoms with E-state index in [4.69, 9.17) is 14.0 Å². The van der Waals surface area contributed by atoms with Crippen LogP contribution in [0.1, 0.15) is 45.0 Å². The summed E-state index contributed by atoms with van der Waals surface area (Å²) in [4.78, 5) is 24.5. The lowest BCUT2D eigenvalue weighted by molar-refractivity contribution is 0.0850. The fourth-order valence-electron chi connectivity index (χ4n) is 3.37. The van der Waals surface area contributed by atoms with Crippen molar-refractivity contribution in [3.63, 3.8) is 0 Å². The third-order valence-electron chi connectivity index (χ3n) is 5.08. The maximum atomic E-state index is 12.3. The minimum atomic E-state index is -0.302. The molecule has 1 aliphatic rings. The highest BCUT2D eigenvalue weighted by molar-refractivity contribution is 6.04. The summed E-state index contributed by atoms with van der Waals surface area (Å²) in [6, 6.07) is 16.0. The lowest BCUT2D eigenvalue weighted by Crippen LogP contribution is -2.31. The van der Waals surface area contributed by atoms with Crippen LogP contribution >= 0.6 is 0 Å². The average Bonchev–Trinajstić information content (AvgIpc) is 3.49. The quantitative estimate of drug-likeness (QED) is 0.559. The minimum Gasteiger partial charge on any atom is -0.486 e. The molecule has 2 N–H and O–H groups in total. The molecule has 0 aliphatic carbocycles. The standard InChI is InChI=1S/C24H25N3O5/c1-16-4-2-5-17(12-16)23(28)26-18-7-9-19(10-8-18)31-15-21-13-22(27-32-21)24(29)25-14-20-6-3-11-30-20/h2,4-5,7-10,12-13,20H,3,6,11,14-15H2,1H3,(H,25,29)(H,26,28). The summed E-state index contributed by atoms with van der Waals surface area (Å²) in [6.07, 6.45) is 2.04. The van der Waals surface area contributed by atoms with Crippen LogP contribution in [-0.4, -0.2) is 36.2 Å². The van der Waals surface area contributed by atoms with Gasteiger partial charge >= 0.3 is 0 Å². The second-order valence-corrected chi connectivity index (χ2v) is 7.66. The van der Waals surface area contributed by atoms with E-state index in [0.717, 1.165) is 25.0 Å². The first kappa shape index (κ1) is 21.6. The number of carbonyl (C=O) groups excluding carboxylic acids is 2. The highest BCUT2D eigenvalue weighted by atomic mass is 16.5. The molecule has 32 heavy (non-hydrogen) atoms. The van der Waals surface area contributed by atoms with Gasteiger partial charge in [0.25, 0.3) is 11.8 Å². The maximum Gasteiger partial charge on any atom is 0.273 e. The molecule has 0 saturated carbocycles. The number of aryl methyl sites for hydroxylation is 1. The Morgan fingerprint density at radius 1 is 1.12 bits per heavy atom. The molecule has 3 aromatic rings. The van der Waals surface area contributed by atoms with Crippen LogP contribution < -0.4 is 15.4 Å². The van der Waals surface area contributed by atoms with Gasteiger partial charge in [-0.1, -0.05) is 22.9 Å². The monoisotopic (exact) mass is 435 g/mol. The van der Waals surface area contributed by atoms with Crippen molar-refractivity contribution in [3.05, 3.63) is 77.2 Å². The van der Waals surface area contributed by atoms with Crippen molar-refractivity contribution in [2.75, 3.05) is 18.5 Å². The van der Waals surface area contributed by atoms with Crippen LogP contribution in [0.5, 0.6) is 5.75 Å². The first-order chi connectivity index (χ1) is 15.6. The summed E-state index contributed by atoms with van der Waals surface area (Å²) in [6.45, 7) is 3.27. The van der Waals surface area contributed by atoms with Gasteiger partial charge in [-0.05, 0) is 56.2 Å². The zero-order valence-electron chi connectivity index (χ0n) is 17.8. The lowest BCUT2D eigenvalue weighted by atomic mass is 10.1. The van der Waals surface area contributed by atoms with Crippen LogP contribution in [0.25, 0.3) is 0 Å². The number of hydrogen-bond acceptors (Lipinski definition) is 6. The van der Waals surface area contributed by atoms with E-state index in [2.05, 4.69) is 15.8 Å². The Morgan fingerprint density at radius 2 is 1.97 bits per heavy atom. The number of benzene rings is 2. The molecule has 2 aromatic carbocycles. The summed E-state index contributed by atoms with van der Waals surface area (Å²) < 4.78 is 16.4. The smallest absolute Gasteiger partial charge is 0.273 e. The zero-order valence-corrected chi connectivity index (χ0v) is 17.8. The second-order valence-electron chi connectivity index (χ2n) is 7.66. The Labute approximate surface area is 185 Å². The number of rotatable bonds is 8. The fourth-order valence-corrected chi connectivity index (χ4v) is 3.37. The van der Waals surface area contributed by atoms with Crippen LogP contribution in [-0.2, 0) is 11.3 Å². The van der Waals surface area contributed by atoms with Crippen LogP contribution in [0, 0.1) is 6.92 Å². The van der Waals surface area contributed by atoms with E-state index in [1.54, 1.807) is 36.4 Å².